The minimum atomic E-state index is -1.10. The summed E-state index contributed by atoms with van der Waals surface area (Å²) >= 11 is 0. The van der Waals surface area contributed by atoms with E-state index in [-0.39, 0.29) is 0 Å². The van der Waals surface area contributed by atoms with Crippen LogP contribution in [-0.2, 0) is 13.6 Å². The van der Waals surface area contributed by atoms with Crippen molar-refractivity contribution in [2.24, 2.45) is 0 Å². The Morgan fingerprint density at radius 2 is 2.00 bits per heavy atom. The molecule has 0 spiro atoms. The predicted octanol–water partition coefficient (Wildman–Crippen LogP) is 1.71. The fourth-order valence-corrected chi connectivity index (χ4v) is 2.26. The van der Waals surface area contributed by atoms with Crippen LogP contribution in [0.1, 0.15) is 13.3 Å². The van der Waals surface area contributed by atoms with Gasteiger partial charge < -0.3 is 13.6 Å². The zero-order chi connectivity index (χ0) is 9.40. The third-order valence-electron chi connectivity index (χ3n) is 1.59. The summed E-state index contributed by atoms with van der Waals surface area (Å²) in [7, 11) is 2.27. The van der Waals surface area contributed by atoms with Gasteiger partial charge in [-0.1, -0.05) is 13.5 Å². The molecular formula is C8H17O3Si. The Labute approximate surface area is 76.2 Å². The maximum Gasteiger partial charge on any atom is 0.387 e. The fourth-order valence-electron chi connectivity index (χ4n) is 0.932. The molecule has 0 saturated carbocycles. The molecule has 0 bridgehead atoms. The first-order chi connectivity index (χ1) is 5.76. The van der Waals surface area contributed by atoms with E-state index >= 15 is 0 Å². The molecule has 0 aliphatic rings. The average Bonchev–Trinajstić information content (AvgIpc) is 2.07. The van der Waals surface area contributed by atoms with Gasteiger partial charge in [-0.3, -0.25) is 0 Å². The van der Waals surface area contributed by atoms with Crippen LogP contribution in [0.15, 0.2) is 12.8 Å². The van der Waals surface area contributed by atoms with E-state index in [0.717, 1.165) is 6.42 Å². The summed E-state index contributed by atoms with van der Waals surface area (Å²) in [6, 6.07) is 0. The molecule has 0 heterocycles. The second-order valence-electron chi connectivity index (χ2n) is 2.45. The molecule has 1 atom stereocenters. The summed E-state index contributed by atoms with van der Waals surface area (Å²) < 4.78 is 15.4. The van der Waals surface area contributed by atoms with Gasteiger partial charge in [-0.25, -0.2) is 0 Å². The molecule has 3 nitrogen and oxygen atoms in total. The van der Waals surface area contributed by atoms with Gasteiger partial charge in [0, 0.05) is 19.8 Å². The largest absolute Gasteiger partial charge is 0.502 e. The fraction of sp³-hybridized carbons (Fsp3) is 0.750. The Bertz CT molecular complexity index is 115. The lowest BCUT2D eigenvalue weighted by Gasteiger charge is -2.16. The molecule has 0 aromatic carbocycles. The van der Waals surface area contributed by atoms with Gasteiger partial charge >= 0.3 is 9.28 Å². The van der Waals surface area contributed by atoms with Crippen LogP contribution >= 0.6 is 0 Å². The first kappa shape index (κ1) is 11.7. The van der Waals surface area contributed by atoms with E-state index in [1.165, 1.54) is 6.26 Å². The molecular weight excluding hydrogens is 172 g/mol. The lowest BCUT2D eigenvalue weighted by molar-refractivity contribution is 0.224. The topological polar surface area (TPSA) is 27.7 Å². The van der Waals surface area contributed by atoms with Crippen LogP contribution < -0.4 is 0 Å². The molecule has 1 radical (unpaired) electrons. The van der Waals surface area contributed by atoms with Crippen molar-refractivity contribution in [1.82, 2.24) is 0 Å². The van der Waals surface area contributed by atoms with Crippen LogP contribution in [0, 0.1) is 0 Å². The lowest BCUT2D eigenvalue weighted by Crippen LogP contribution is -2.25. The van der Waals surface area contributed by atoms with Crippen molar-refractivity contribution < 1.29 is 13.6 Å². The normalized spacial score (nSPS) is 13.0. The van der Waals surface area contributed by atoms with E-state index in [4.69, 9.17) is 13.6 Å². The molecule has 4 heteroatoms. The van der Waals surface area contributed by atoms with E-state index < -0.39 is 9.28 Å². The van der Waals surface area contributed by atoms with Gasteiger partial charge in [0.05, 0.1) is 12.9 Å². The highest BCUT2D eigenvalue weighted by atomic mass is 28.3. The number of hydrogen-bond acceptors (Lipinski definition) is 3. The highest BCUT2D eigenvalue weighted by Gasteiger charge is 2.21. The first-order valence-corrected chi connectivity index (χ1v) is 5.33. The van der Waals surface area contributed by atoms with E-state index in [2.05, 4.69) is 13.5 Å². The molecule has 0 aliphatic heterocycles. The van der Waals surface area contributed by atoms with Crippen molar-refractivity contribution in [2.75, 3.05) is 20.8 Å². The molecule has 71 valence electrons. The van der Waals surface area contributed by atoms with E-state index in [9.17, 15) is 0 Å². The van der Waals surface area contributed by atoms with Crippen LogP contribution in [0.4, 0.5) is 0 Å². The molecule has 12 heavy (non-hydrogen) atoms. The summed E-state index contributed by atoms with van der Waals surface area (Å²) in [6.45, 7) is 6.26. The second kappa shape index (κ2) is 7.33. The molecule has 0 aromatic rings. The summed E-state index contributed by atoms with van der Waals surface area (Å²) in [5, 5.41) is 0. The molecule has 0 rings (SSSR count). The minimum absolute atomic E-state index is 0.435. The van der Waals surface area contributed by atoms with Gasteiger partial charge in [0.1, 0.15) is 0 Å². The van der Waals surface area contributed by atoms with Crippen molar-refractivity contribution in [1.29, 1.82) is 0 Å². The zero-order valence-corrected chi connectivity index (χ0v) is 9.00. The monoisotopic (exact) mass is 189 g/mol. The standard InChI is InChI=1S/C8H17O3Si/c1-5-11-7-6-8(2)12(9-3)10-4/h5,8H,1,6-7H2,2-4H3. The van der Waals surface area contributed by atoms with Crippen LogP contribution in [0.25, 0.3) is 0 Å². The van der Waals surface area contributed by atoms with Gasteiger partial charge in [0.2, 0.25) is 0 Å². The molecule has 0 aromatic heterocycles. The lowest BCUT2D eigenvalue weighted by atomic mass is 10.3. The van der Waals surface area contributed by atoms with Gasteiger partial charge in [-0.2, -0.15) is 0 Å². The van der Waals surface area contributed by atoms with Gasteiger partial charge in [0.25, 0.3) is 0 Å². The van der Waals surface area contributed by atoms with Gasteiger partial charge in [0.15, 0.2) is 0 Å². The van der Waals surface area contributed by atoms with E-state index in [0.29, 0.717) is 12.1 Å². The smallest absolute Gasteiger partial charge is 0.387 e. The molecule has 1 unspecified atom stereocenters. The van der Waals surface area contributed by atoms with Crippen molar-refractivity contribution in [3.8, 4) is 0 Å². The minimum Gasteiger partial charge on any atom is -0.502 e. The third-order valence-corrected chi connectivity index (χ3v) is 3.49. The Morgan fingerprint density at radius 1 is 1.42 bits per heavy atom. The van der Waals surface area contributed by atoms with Crippen molar-refractivity contribution in [2.45, 2.75) is 18.9 Å². The molecule has 0 saturated heterocycles. The number of ether oxygens (including phenoxy) is 1. The Morgan fingerprint density at radius 3 is 2.42 bits per heavy atom. The molecule has 0 N–H and O–H groups in total. The maximum absolute atomic E-state index is 5.19. The molecule has 0 fully saturated rings. The van der Waals surface area contributed by atoms with Crippen LogP contribution in [-0.4, -0.2) is 30.1 Å². The van der Waals surface area contributed by atoms with E-state index in [1.807, 2.05) is 0 Å². The Hall–Kier alpha value is -0.323. The Kier molecular flexibility index (Phi) is 7.14. The maximum atomic E-state index is 5.19. The summed E-state index contributed by atoms with van der Waals surface area (Å²) in [5.74, 6) is 0. The number of rotatable bonds is 7. The van der Waals surface area contributed by atoms with Crippen molar-refractivity contribution in [3.05, 3.63) is 12.8 Å². The van der Waals surface area contributed by atoms with Gasteiger partial charge in [-0.15, -0.1) is 0 Å². The molecule has 0 aliphatic carbocycles. The average molecular weight is 189 g/mol. The highest BCUT2D eigenvalue weighted by molar-refractivity contribution is 6.46. The van der Waals surface area contributed by atoms with Crippen molar-refractivity contribution in [3.63, 3.8) is 0 Å². The summed E-state index contributed by atoms with van der Waals surface area (Å²) in [6.07, 6.45) is 2.40. The van der Waals surface area contributed by atoms with Crippen LogP contribution in [0.5, 0.6) is 0 Å². The summed E-state index contributed by atoms with van der Waals surface area (Å²) in [4.78, 5) is 0. The third kappa shape index (κ3) is 4.53. The first-order valence-electron chi connectivity index (χ1n) is 3.93. The number of hydrogen-bond donors (Lipinski definition) is 0. The SMILES string of the molecule is C=COCCC(C)[Si](OC)OC. The van der Waals surface area contributed by atoms with Gasteiger partial charge in [-0.05, 0) is 6.42 Å². The second-order valence-corrected chi connectivity index (χ2v) is 4.89. The summed E-state index contributed by atoms with van der Waals surface area (Å²) in [5.41, 5.74) is 0.435. The Balaban J connectivity index is 3.53. The quantitative estimate of drug-likeness (QED) is 0.347. The van der Waals surface area contributed by atoms with Crippen LogP contribution in [0.2, 0.25) is 5.54 Å². The van der Waals surface area contributed by atoms with E-state index in [1.54, 1.807) is 14.2 Å². The van der Waals surface area contributed by atoms with Crippen molar-refractivity contribution >= 4 is 9.28 Å². The molecule has 0 amide bonds. The van der Waals surface area contributed by atoms with Crippen LogP contribution in [0.3, 0.4) is 0 Å². The zero-order valence-electron chi connectivity index (χ0n) is 8.00. The predicted molar refractivity (Wildman–Crippen MR) is 50.0 cm³/mol. The highest BCUT2D eigenvalue weighted by Crippen LogP contribution is 2.14.